The summed E-state index contributed by atoms with van der Waals surface area (Å²) >= 11 is 0. The average Bonchev–Trinajstić information content (AvgIpc) is 2.43. The normalized spacial score (nSPS) is 27.3. The summed E-state index contributed by atoms with van der Waals surface area (Å²) in [6.07, 6.45) is 3.95. The minimum absolute atomic E-state index is 0.248. The van der Waals surface area contributed by atoms with Crippen molar-refractivity contribution < 1.29 is 9.13 Å². The summed E-state index contributed by atoms with van der Waals surface area (Å²) in [7, 11) is 3.36. The molecular formula is C14H22FN3O. The minimum atomic E-state index is -0.462. The molecule has 4 nitrogen and oxygen atoms in total. The largest absolute Gasteiger partial charge is 0.371 e. The molecule has 0 spiro atoms. The number of halogens is 1. The van der Waals surface area contributed by atoms with E-state index < -0.39 is 5.60 Å². The number of aryl methyl sites for hydroxylation is 1. The van der Waals surface area contributed by atoms with Gasteiger partial charge in [-0.3, -0.25) is 0 Å². The van der Waals surface area contributed by atoms with Crippen molar-refractivity contribution in [1.29, 1.82) is 0 Å². The second-order valence-electron chi connectivity index (χ2n) is 5.43. The summed E-state index contributed by atoms with van der Waals surface area (Å²) in [5.41, 5.74) is -0.0966. The third kappa shape index (κ3) is 2.56. The number of nitrogens with one attached hydrogen (secondary N) is 1. The van der Waals surface area contributed by atoms with E-state index in [9.17, 15) is 4.39 Å². The van der Waals surface area contributed by atoms with Crippen molar-refractivity contribution in [3.05, 3.63) is 17.3 Å². The molecule has 0 atom stereocenters. The lowest BCUT2D eigenvalue weighted by atomic mass is 9.79. The van der Waals surface area contributed by atoms with Crippen LogP contribution in [0.15, 0.2) is 0 Å². The van der Waals surface area contributed by atoms with Crippen molar-refractivity contribution in [3.63, 3.8) is 0 Å². The van der Waals surface area contributed by atoms with Crippen LogP contribution in [0.3, 0.4) is 0 Å². The smallest absolute Gasteiger partial charge is 0.186 e. The summed E-state index contributed by atoms with van der Waals surface area (Å²) in [6.45, 7) is 3.91. The van der Waals surface area contributed by atoms with Crippen LogP contribution in [-0.2, 0) is 10.3 Å². The molecule has 1 N–H and O–H groups in total. The first kappa shape index (κ1) is 14.2. The Kier molecular flexibility index (Phi) is 4.04. The minimum Gasteiger partial charge on any atom is -0.371 e. The number of ether oxygens (including phenoxy) is 1. The molecule has 106 valence electrons. The number of hydrogen-bond acceptors (Lipinski definition) is 4. The quantitative estimate of drug-likeness (QED) is 0.914. The first-order valence-corrected chi connectivity index (χ1v) is 6.80. The lowest BCUT2D eigenvalue weighted by Gasteiger charge is -2.37. The molecule has 0 bridgehead atoms. The Balaban J connectivity index is 2.41. The Morgan fingerprint density at radius 1 is 1.32 bits per heavy atom. The summed E-state index contributed by atoms with van der Waals surface area (Å²) in [6, 6.07) is 0. The Morgan fingerprint density at radius 2 is 1.95 bits per heavy atom. The molecule has 1 heterocycles. The number of methoxy groups -OCH3 is 1. The van der Waals surface area contributed by atoms with E-state index in [1.807, 2.05) is 0 Å². The van der Waals surface area contributed by atoms with Crippen LogP contribution in [0.25, 0.3) is 0 Å². The third-order valence-electron chi connectivity index (χ3n) is 4.13. The third-order valence-corrected chi connectivity index (χ3v) is 4.13. The van der Waals surface area contributed by atoms with Gasteiger partial charge in [0.1, 0.15) is 5.60 Å². The van der Waals surface area contributed by atoms with Crippen molar-refractivity contribution in [2.45, 2.75) is 45.1 Å². The Bertz CT molecular complexity index is 456. The molecule has 1 aliphatic rings. The van der Waals surface area contributed by atoms with Crippen molar-refractivity contribution in [1.82, 2.24) is 9.97 Å². The second kappa shape index (κ2) is 5.41. The zero-order valence-electron chi connectivity index (χ0n) is 12.1. The van der Waals surface area contributed by atoms with Gasteiger partial charge in [-0.15, -0.1) is 0 Å². The van der Waals surface area contributed by atoms with Crippen molar-refractivity contribution in [2.75, 3.05) is 19.5 Å². The molecule has 0 saturated heterocycles. The van der Waals surface area contributed by atoms with E-state index in [4.69, 9.17) is 4.74 Å². The molecule has 0 aliphatic heterocycles. The zero-order chi connectivity index (χ0) is 14.0. The average molecular weight is 267 g/mol. The predicted molar refractivity (Wildman–Crippen MR) is 72.6 cm³/mol. The van der Waals surface area contributed by atoms with E-state index in [0.717, 1.165) is 25.7 Å². The maximum absolute atomic E-state index is 13.8. The number of anilines is 1. The van der Waals surface area contributed by atoms with Crippen LogP contribution < -0.4 is 5.32 Å². The van der Waals surface area contributed by atoms with Crippen LogP contribution in [0.4, 0.5) is 10.2 Å². The van der Waals surface area contributed by atoms with Gasteiger partial charge in [0.25, 0.3) is 0 Å². The van der Waals surface area contributed by atoms with Gasteiger partial charge in [0.05, 0.1) is 5.69 Å². The Labute approximate surface area is 113 Å². The fraction of sp³-hybridized carbons (Fsp3) is 0.714. The highest BCUT2D eigenvalue weighted by Crippen LogP contribution is 2.41. The van der Waals surface area contributed by atoms with E-state index in [1.54, 1.807) is 21.1 Å². The molecule has 5 heteroatoms. The van der Waals surface area contributed by atoms with Crippen LogP contribution >= 0.6 is 0 Å². The van der Waals surface area contributed by atoms with Crippen LogP contribution in [0, 0.1) is 18.7 Å². The van der Waals surface area contributed by atoms with Gasteiger partial charge < -0.3 is 10.1 Å². The Morgan fingerprint density at radius 3 is 2.47 bits per heavy atom. The maximum atomic E-state index is 13.8. The molecular weight excluding hydrogens is 245 g/mol. The maximum Gasteiger partial charge on any atom is 0.186 e. The van der Waals surface area contributed by atoms with Crippen LogP contribution in [0.1, 0.15) is 44.1 Å². The fourth-order valence-electron chi connectivity index (χ4n) is 2.68. The Hall–Kier alpha value is -1.23. The van der Waals surface area contributed by atoms with Gasteiger partial charge in [-0.05, 0) is 38.5 Å². The molecule has 2 rings (SSSR count). The second-order valence-corrected chi connectivity index (χ2v) is 5.43. The van der Waals surface area contributed by atoms with E-state index >= 15 is 0 Å². The molecule has 1 fully saturated rings. The van der Waals surface area contributed by atoms with E-state index in [-0.39, 0.29) is 11.6 Å². The molecule has 0 amide bonds. The van der Waals surface area contributed by atoms with Gasteiger partial charge in [0.15, 0.2) is 17.5 Å². The SMILES string of the molecule is CNc1nc(C2(OC)CCC(C)CC2)nc(C)c1F. The lowest BCUT2D eigenvalue weighted by Crippen LogP contribution is -2.35. The lowest BCUT2D eigenvalue weighted by molar-refractivity contribution is -0.0598. The monoisotopic (exact) mass is 267 g/mol. The predicted octanol–water partition coefficient (Wildman–Crippen LogP) is 3.02. The van der Waals surface area contributed by atoms with Crippen LogP contribution in [-0.4, -0.2) is 24.1 Å². The molecule has 0 aromatic carbocycles. The number of hydrogen-bond donors (Lipinski definition) is 1. The summed E-state index contributed by atoms with van der Waals surface area (Å²) < 4.78 is 19.5. The van der Waals surface area contributed by atoms with Crippen molar-refractivity contribution in [2.24, 2.45) is 5.92 Å². The molecule has 1 aliphatic carbocycles. The van der Waals surface area contributed by atoms with Crippen molar-refractivity contribution >= 4 is 5.82 Å². The number of nitrogens with zero attached hydrogens (tertiary/aromatic N) is 2. The highest BCUT2D eigenvalue weighted by molar-refractivity contribution is 5.38. The van der Waals surface area contributed by atoms with E-state index in [0.29, 0.717) is 17.4 Å². The topological polar surface area (TPSA) is 47.0 Å². The zero-order valence-corrected chi connectivity index (χ0v) is 12.1. The van der Waals surface area contributed by atoms with Gasteiger partial charge in [-0.25, -0.2) is 14.4 Å². The summed E-state index contributed by atoms with van der Waals surface area (Å²) in [4.78, 5) is 8.64. The van der Waals surface area contributed by atoms with Crippen molar-refractivity contribution in [3.8, 4) is 0 Å². The molecule has 1 aromatic rings. The highest BCUT2D eigenvalue weighted by Gasteiger charge is 2.39. The standard InChI is InChI=1S/C14H22FN3O/c1-9-5-7-14(19-4,8-6-9)13-17-10(2)11(15)12(16-3)18-13/h9H,5-8H2,1-4H3,(H,16,17,18). The first-order valence-electron chi connectivity index (χ1n) is 6.80. The number of aromatic nitrogens is 2. The van der Waals surface area contributed by atoms with Crippen LogP contribution in [0.5, 0.6) is 0 Å². The van der Waals surface area contributed by atoms with Gasteiger partial charge in [-0.1, -0.05) is 6.92 Å². The highest BCUT2D eigenvalue weighted by atomic mass is 19.1. The summed E-state index contributed by atoms with van der Waals surface area (Å²) in [5.74, 6) is 1.16. The first-order chi connectivity index (χ1) is 9.02. The molecule has 0 radical (unpaired) electrons. The molecule has 0 unspecified atom stereocenters. The van der Waals surface area contributed by atoms with Gasteiger partial charge in [0, 0.05) is 14.2 Å². The molecule has 19 heavy (non-hydrogen) atoms. The molecule has 1 aromatic heterocycles. The van der Waals surface area contributed by atoms with Crippen LogP contribution in [0.2, 0.25) is 0 Å². The van der Waals surface area contributed by atoms with Gasteiger partial charge in [0.2, 0.25) is 0 Å². The van der Waals surface area contributed by atoms with E-state index in [1.165, 1.54) is 0 Å². The molecule has 1 saturated carbocycles. The summed E-state index contributed by atoms with van der Waals surface area (Å²) in [5, 5.41) is 2.78. The van der Waals surface area contributed by atoms with Gasteiger partial charge in [-0.2, -0.15) is 0 Å². The fourth-order valence-corrected chi connectivity index (χ4v) is 2.68. The van der Waals surface area contributed by atoms with E-state index in [2.05, 4.69) is 22.2 Å². The van der Waals surface area contributed by atoms with Gasteiger partial charge >= 0.3 is 0 Å². The number of rotatable bonds is 3.